The van der Waals surface area contributed by atoms with Gasteiger partial charge in [0.2, 0.25) is 0 Å². The molecule has 4 aliphatic carbocycles. The number of rotatable bonds is 7. The standard InChI is InChI=1S/C34H48Cl2O2/c1-21(2)7-6-8-22(3)27-12-13-28-26-11-10-24-20-25(38-32(37)23-9-14-30(35)31(36)19-23)15-17-33(24,4)29(26)16-18-34(27,28)5/h9-10,14,19,21-22,25-29H,6-8,11-13,15-18,20H2,1-5H3/t22-,25?,26?,27-,28?,29?,33+,34-/m1/s1. The normalized spacial score (nSPS) is 37.2. The van der Waals surface area contributed by atoms with Crippen LogP contribution in [-0.2, 0) is 4.74 Å². The molecule has 0 bridgehead atoms. The largest absolute Gasteiger partial charge is 0.458 e. The monoisotopic (exact) mass is 558 g/mol. The molecule has 0 amide bonds. The van der Waals surface area contributed by atoms with E-state index in [0.717, 1.165) is 54.8 Å². The summed E-state index contributed by atoms with van der Waals surface area (Å²) in [5, 5.41) is 0.845. The second-order valence-corrected chi connectivity index (χ2v) is 15.0. The molecule has 1 aromatic rings. The first kappa shape index (κ1) is 28.5. The van der Waals surface area contributed by atoms with Crippen LogP contribution in [0, 0.1) is 46.3 Å². The molecule has 0 saturated heterocycles. The number of allylic oxidation sites excluding steroid dienone is 1. The SMILES string of the molecule is CC(C)CCC[C@@H](C)[C@H]1CCC2C3CC=C4CC(OC(=O)c5ccc(Cl)c(Cl)c5)CC[C@]4(C)C3CC[C@@]21C. The van der Waals surface area contributed by atoms with Gasteiger partial charge in [-0.25, -0.2) is 4.79 Å². The highest BCUT2D eigenvalue weighted by atomic mass is 35.5. The van der Waals surface area contributed by atoms with Gasteiger partial charge in [-0.15, -0.1) is 0 Å². The zero-order valence-corrected chi connectivity index (χ0v) is 25.7. The number of hydrogen-bond donors (Lipinski definition) is 0. The van der Waals surface area contributed by atoms with Gasteiger partial charge in [0.1, 0.15) is 6.10 Å². The molecular formula is C34H48Cl2O2. The zero-order valence-electron chi connectivity index (χ0n) is 24.2. The Hall–Kier alpha value is -0.990. The molecule has 0 aliphatic heterocycles. The maximum atomic E-state index is 12.8. The summed E-state index contributed by atoms with van der Waals surface area (Å²) in [4.78, 5) is 12.8. The number of ether oxygens (including phenoxy) is 1. The van der Waals surface area contributed by atoms with Crippen LogP contribution in [0.15, 0.2) is 29.8 Å². The van der Waals surface area contributed by atoms with Crippen molar-refractivity contribution in [2.75, 3.05) is 0 Å². The predicted octanol–water partition coefficient (Wildman–Crippen LogP) is 10.6. The van der Waals surface area contributed by atoms with Gasteiger partial charge >= 0.3 is 5.97 Å². The minimum atomic E-state index is -0.292. The molecule has 5 rings (SSSR count). The van der Waals surface area contributed by atoms with Crippen molar-refractivity contribution < 1.29 is 9.53 Å². The van der Waals surface area contributed by atoms with E-state index in [9.17, 15) is 4.79 Å². The average Bonchev–Trinajstić information content (AvgIpc) is 3.23. The third kappa shape index (κ3) is 5.23. The fourth-order valence-electron chi connectivity index (χ4n) is 9.60. The third-order valence-corrected chi connectivity index (χ3v) is 12.4. The van der Waals surface area contributed by atoms with Crippen LogP contribution in [0.3, 0.4) is 0 Å². The Balaban J connectivity index is 1.25. The highest BCUT2D eigenvalue weighted by Crippen LogP contribution is 2.67. The molecule has 4 unspecified atom stereocenters. The quantitative estimate of drug-likeness (QED) is 0.245. The molecule has 8 atom stereocenters. The molecule has 0 radical (unpaired) electrons. The summed E-state index contributed by atoms with van der Waals surface area (Å²) < 4.78 is 5.99. The van der Waals surface area contributed by atoms with E-state index in [-0.39, 0.29) is 17.5 Å². The van der Waals surface area contributed by atoms with E-state index in [2.05, 4.69) is 40.7 Å². The average molecular weight is 560 g/mol. The molecule has 1 aromatic carbocycles. The second kappa shape index (κ2) is 11.1. The highest BCUT2D eigenvalue weighted by molar-refractivity contribution is 6.42. The van der Waals surface area contributed by atoms with Gasteiger partial charge in [-0.05, 0) is 109 Å². The summed E-state index contributed by atoms with van der Waals surface area (Å²) >= 11 is 12.2. The first-order valence-electron chi connectivity index (χ1n) is 15.4. The fourth-order valence-corrected chi connectivity index (χ4v) is 9.89. The Morgan fingerprint density at radius 1 is 1.00 bits per heavy atom. The van der Waals surface area contributed by atoms with Gasteiger partial charge in [0.05, 0.1) is 15.6 Å². The maximum Gasteiger partial charge on any atom is 0.338 e. The minimum Gasteiger partial charge on any atom is -0.458 e. The van der Waals surface area contributed by atoms with Crippen LogP contribution in [0.5, 0.6) is 0 Å². The molecule has 210 valence electrons. The van der Waals surface area contributed by atoms with Gasteiger partial charge in [0.25, 0.3) is 0 Å². The molecule has 2 nitrogen and oxygen atoms in total. The molecule has 3 fully saturated rings. The van der Waals surface area contributed by atoms with Crippen molar-refractivity contribution in [1.29, 1.82) is 0 Å². The smallest absolute Gasteiger partial charge is 0.338 e. The van der Waals surface area contributed by atoms with Crippen molar-refractivity contribution in [1.82, 2.24) is 0 Å². The number of benzene rings is 1. The first-order chi connectivity index (χ1) is 18.0. The number of halogens is 2. The summed E-state index contributed by atoms with van der Waals surface area (Å²) in [6.45, 7) is 12.5. The lowest BCUT2D eigenvalue weighted by atomic mass is 9.47. The maximum absolute atomic E-state index is 12.8. The summed E-state index contributed by atoms with van der Waals surface area (Å²) in [6.07, 6.45) is 16.5. The van der Waals surface area contributed by atoms with Gasteiger partial charge in [-0.2, -0.15) is 0 Å². The van der Waals surface area contributed by atoms with Gasteiger partial charge in [0.15, 0.2) is 0 Å². The molecule has 4 heteroatoms. The first-order valence-corrected chi connectivity index (χ1v) is 16.1. The Morgan fingerprint density at radius 2 is 1.79 bits per heavy atom. The number of fused-ring (bicyclic) bond motifs is 5. The molecular weight excluding hydrogens is 511 g/mol. The predicted molar refractivity (Wildman–Crippen MR) is 159 cm³/mol. The van der Waals surface area contributed by atoms with Gasteiger partial charge in [-0.1, -0.05) is 88.7 Å². The van der Waals surface area contributed by atoms with Crippen molar-refractivity contribution in [3.63, 3.8) is 0 Å². The van der Waals surface area contributed by atoms with Crippen LogP contribution in [0.1, 0.15) is 116 Å². The molecule has 0 heterocycles. The van der Waals surface area contributed by atoms with Crippen LogP contribution in [0.4, 0.5) is 0 Å². The molecule has 0 aromatic heterocycles. The number of esters is 1. The second-order valence-electron chi connectivity index (χ2n) is 14.2. The topological polar surface area (TPSA) is 26.3 Å². The van der Waals surface area contributed by atoms with Crippen LogP contribution in [0.2, 0.25) is 10.0 Å². The lowest BCUT2D eigenvalue weighted by Gasteiger charge is -2.58. The highest BCUT2D eigenvalue weighted by Gasteiger charge is 2.59. The molecule has 0 N–H and O–H groups in total. The van der Waals surface area contributed by atoms with Crippen LogP contribution in [0.25, 0.3) is 0 Å². The van der Waals surface area contributed by atoms with Crippen molar-refractivity contribution in [3.8, 4) is 0 Å². The Morgan fingerprint density at radius 3 is 2.53 bits per heavy atom. The van der Waals surface area contributed by atoms with Crippen LogP contribution >= 0.6 is 23.2 Å². The number of carbonyl (C=O) groups is 1. The van der Waals surface area contributed by atoms with E-state index in [1.807, 2.05) is 0 Å². The number of carbonyl (C=O) groups excluding carboxylic acids is 1. The van der Waals surface area contributed by atoms with Crippen molar-refractivity contribution in [2.45, 2.75) is 111 Å². The van der Waals surface area contributed by atoms with Gasteiger partial charge in [0, 0.05) is 6.42 Å². The molecule has 38 heavy (non-hydrogen) atoms. The van der Waals surface area contributed by atoms with Crippen LogP contribution < -0.4 is 0 Å². The summed E-state index contributed by atoms with van der Waals surface area (Å²) in [5.41, 5.74) is 2.81. The van der Waals surface area contributed by atoms with E-state index in [1.165, 1.54) is 51.4 Å². The van der Waals surface area contributed by atoms with Gasteiger partial charge in [-0.3, -0.25) is 0 Å². The van der Waals surface area contributed by atoms with E-state index in [1.54, 1.807) is 23.8 Å². The van der Waals surface area contributed by atoms with E-state index >= 15 is 0 Å². The minimum absolute atomic E-state index is 0.0516. The third-order valence-electron chi connectivity index (χ3n) is 11.7. The lowest BCUT2D eigenvalue weighted by molar-refractivity contribution is -0.0594. The Kier molecular flexibility index (Phi) is 8.35. The summed E-state index contributed by atoms with van der Waals surface area (Å²) in [5.74, 6) is 4.76. The fraction of sp³-hybridized carbons (Fsp3) is 0.735. The summed E-state index contributed by atoms with van der Waals surface area (Å²) in [7, 11) is 0. The lowest BCUT2D eigenvalue weighted by Crippen LogP contribution is -2.51. The van der Waals surface area contributed by atoms with Crippen molar-refractivity contribution in [2.24, 2.45) is 46.3 Å². The number of hydrogen-bond acceptors (Lipinski definition) is 2. The Bertz CT molecular complexity index is 1060. The van der Waals surface area contributed by atoms with Crippen LogP contribution in [-0.4, -0.2) is 12.1 Å². The molecule has 4 aliphatic rings. The molecule has 3 saturated carbocycles. The zero-order chi connectivity index (χ0) is 27.2. The van der Waals surface area contributed by atoms with Gasteiger partial charge < -0.3 is 4.74 Å². The summed E-state index contributed by atoms with van der Waals surface area (Å²) in [6, 6.07) is 4.98. The van der Waals surface area contributed by atoms with E-state index in [0.29, 0.717) is 21.0 Å². The van der Waals surface area contributed by atoms with Crippen molar-refractivity contribution in [3.05, 3.63) is 45.5 Å². The van der Waals surface area contributed by atoms with E-state index < -0.39 is 0 Å². The van der Waals surface area contributed by atoms with Crippen molar-refractivity contribution >= 4 is 29.2 Å². The molecule has 0 spiro atoms. The Labute approximate surface area is 241 Å². The van der Waals surface area contributed by atoms with E-state index in [4.69, 9.17) is 27.9 Å².